The molecule has 2 aliphatic rings. The van der Waals surface area contributed by atoms with Crippen molar-refractivity contribution in [1.29, 1.82) is 0 Å². The van der Waals surface area contributed by atoms with E-state index in [1.807, 2.05) is 4.90 Å². The standard InChI is InChI=1S/C19H28N2O2/c1-14-5-7-15(8-6-14)18-4-2-3-13-21(18)19(23)20-16-9-11-17(22)12-10-16/h5-8,16-18,22H,2-4,9-13H2,1H3,(H,20,23)/t16?,17?,18-/m1/s1. The quantitative estimate of drug-likeness (QED) is 0.877. The zero-order valence-corrected chi connectivity index (χ0v) is 14.0. The van der Waals surface area contributed by atoms with Gasteiger partial charge >= 0.3 is 6.03 Å². The Kier molecular flexibility index (Phi) is 5.21. The van der Waals surface area contributed by atoms with Gasteiger partial charge in [0.25, 0.3) is 0 Å². The zero-order valence-electron chi connectivity index (χ0n) is 14.0. The maximum Gasteiger partial charge on any atom is 0.318 e. The zero-order chi connectivity index (χ0) is 16.2. The first-order valence-electron chi connectivity index (χ1n) is 8.95. The summed E-state index contributed by atoms with van der Waals surface area (Å²) in [6.07, 6.45) is 6.49. The van der Waals surface area contributed by atoms with Crippen LogP contribution in [0.1, 0.15) is 62.1 Å². The first-order valence-corrected chi connectivity index (χ1v) is 8.95. The number of hydrogen-bond donors (Lipinski definition) is 2. The molecule has 1 atom stereocenters. The maximum atomic E-state index is 12.8. The number of hydrogen-bond acceptors (Lipinski definition) is 2. The molecule has 1 aromatic carbocycles. The molecule has 0 radical (unpaired) electrons. The van der Waals surface area contributed by atoms with Crippen LogP contribution in [0.25, 0.3) is 0 Å². The number of nitrogens with one attached hydrogen (secondary N) is 1. The highest BCUT2D eigenvalue weighted by Gasteiger charge is 2.30. The van der Waals surface area contributed by atoms with Gasteiger partial charge in [0.1, 0.15) is 0 Å². The van der Waals surface area contributed by atoms with Gasteiger partial charge in [0, 0.05) is 12.6 Å². The molecule has 0 unspecified atom stereocenters. The molecule has 0 bridgehead atoms. The van der Waals surface area contributed by atoms with Gasteiger partial charge in [0.2, 0.25) is 0 Å². The predicted octanol–water partition coefficient (Wildman–Crippen LogP) is 3.54. The second-order valence-electron chi connectivity index (χ2n) is 7.07. The number of rotatable bonds is 2. The van der Waals surface area contributed by atoms with Crippen LogP contribution in [-0.4, -0.2) is 34.7 Å². The number of carbonyl (C=O) groups is 1. The Hall–Kier alpha value is -1.55. The summed E-state index contributed by atoms with van der Waals surface area (Å²) in [7, 11) is 0. The van der Waals surface area contributed by atoms with Gasteiger partial charge < -0.3 is 15.3 Å². The molecule has 4 heteroatoms. The van der Waals surface area contributed by atoms with Crippen LogP contribution in [0.3, 0.4) is 0 Å². The van der Waals surface area contributed by atoms with Crippen molar-refractivity contribution >= 4 is 6.03 Å². The average molecular weight is 316 g/mol. The molecule has 1 heterocycles. The molecule has 0 aromatic heterocycles. The van der Waals surface area contributed by atoms with E-state index in [-0.39, 0.29) is 24.2 Å². The van der Waals surface area contributed by atoms with Gasteiger partial charge in [-0.15, -0.1) is 0 Å². The molecule has 4 nitrogen and oxygen atoms in total. The number of benzene rings is 1. The van der Waals surface area contributed by atoms with Crippen LogP contribution in [0.4, 0.5) is 4.79 Å². The van der Waals surface area contributed by atoms with Crippen molar-refractivity contribution < 1.29 is 9.90 Å². The van der Waals surface area contributed by atoms with Gasteiger partial charge in [-0.25, -0.2) is 4.79 Å². The second kappa shape index (κ2) is 7.35. The average Bonchev–Trinajstić information content (AvgIpc) is 2.58. The van der Waals surface area contributed by atoms with Crippen LogP contribution in [-0.2, 0) is 0 Å². The Labute approximate surface area is 138 Å². The smallest absolute Gasteiger partial charge is 0.318 e. The second-order valence-corrected chi connectivity index (χ2v) is 7.07. The Bertz CT molecular complexity index is 521. The molecule has 2 fully saturated rings. The van der Waals surface area contributed by atoms with E-state index in [1.165, 1.54) is 17.5 Å². The van der Waals surface area contributed by atoms with Gasteiger partial charge in [-0.3, -0.25) is 0 Å². The fourth-order valence-corrected chi connectivity index (χ4v) is 3.79. The summed E-state index contributed by atoms with van der Waals surface area (Å²) >= 11 is 0. The Morgan fingerprint density at radius 1 is 1.09 bits per heavy atom. The van der Waals surface area contributed by atoms with E-state index in [0.717, 1.165) is 45.1 Å². The third-order valence-electron chi connectivity index (χ3n) is 5.25. The molecule has 1 aliphatic heterocycles. The molecular weight excluding hydrogens is 288 g/mol. The van der Waals surface area contributed by atoms with Gasteiger partial charge in [0.15, 0.2) is 0 Å². The van der Waals surface area contributed by atoms with Crippen LogP contribution in [0.15, 0.2) is 24.3 Å². The van der Waals surface area contributed by atoms with E-state index < -0.39 is 0 Å². The number of aryl methyl sites for hydroxylation is 1. The SMILES string of the molecule is Cc1ccc([C@H]2CCCCN2C(=O)NC2CCC(O)CC2)cc1. The fraction of sp³-hybridized carbons (Fsp3) is 0.632. The summed E-state index contributed by atoms with van der Waals surface area (Å²) in [6, 6.07) is 9.04. The van der Waals surface area contributed by atoms with E-state index in [0.29, 0.717) is 0 Å². The molecule has 1 saturated carbocycles. The van der Waals surface area contributed by atoms with Gasteiger partial charge in [-0.2, -0.15) is 0 Å². The number of piperidine rings is 1. The van der Waals surface area contributed by atoms with Crippen LogP contribution < -0.4 is 5.32 Å². The Morgan fingerprint density at radius 3 is 2.48 bits per heavy atom. The summed E-state index contributed by atoms with van der Waals surface area (Å²) in [5.74, 6) is 0. The first kappa shape index (κ1) is 16.3. The minimum atomic E-state index is -0.182. The minimum Gasteiger partial charge on any atom is -0.393 e. The van der Waals surface area contributed by atoms with Crippen LogP contribution >= 0.6 is 0 Å². The number of amides is 2. The highest BCUT2D eigenvalue weighted by molar-refractivity contribution is 5.75. The van der Waals surface area contributed by atoms with E-state index in [2.05, 4.69) is 36.5 Å². The highest BCUT2D eigenvalue weighted by Crippen LogP contribution is 2.31. The number of aliphatic hydroxyl groups excluding tert-OH is 1. The summed E-state index contributed by atoms with van der Waals surface area (Å²) in [5, 5.41) is 12.8. The van der Waals surface area contributed by atoms with Crippen molar-refractivity contribution in [2.45, 2.75) is 70.1 Å². The summed E-state index contributed by atoms with van der Waals surface area (Å²) in [5.41, 5.74) is 2.49. The van der Waals surface area contributed by atoms with Gasteiger partial charge in [0.05, 0.1) is 12.1 Å². The molecule has 2 amide bonds. The molecule has 23 heavy (non-hydrogen) atoms. The van der Waals surface area contributed by atoms with E-state index in [1.54, 1.807) is 0 Å². The molecule has 2 N–H and O–H groups in total. The summed E-state index contributed by atoms with van der Waals surface area (Å²) < 4.78 is 0. The number of aliphatic hydroxyl groups is 1. The van der Waals surface area contributed by atoms with E-state index in [9.17, 15) is 9.90 Å². The topological polar surface area (TPSA) is 52.6 Å². The molecule has 1 aromatic rings. The van der Waals surface area contributed by atoms with Crippen LogP contribution in [0, 0.1) is 6.92 Å². The van der Waals surface area contributed by atoms with Crippen molar-refractivity contribution in [3.8, 4) is 0 Å². The third-order valence-corrected chi connectivity index (χ3v) is 5.25. The molecule has 126 valence electrons. The lowest BCUT2D eigenvalue weighted by Crippen LogP contribution is -2.49. The monoisotopic (exact) mass is 316 g/mol. The predicted molar refractivity (Wildman–Crippen MR) is 91.3 cm³/mol. The number of urea groups is 1. The van der Waals surface area contributed by atoms with E-state index >= 15 is 0 Å². The number of likely N-dealkylation sites (tertiary alicyclic amines) is 1. The Morgan fingerprint density at radius 2 is 1.78 bits per heavy atom. The van der Waals surface area contributed by atoms with E-state index in [4.69, 9.17) is 0 Å². The van der Waals surface area contributed by atoms with Gasteiger partial charge in [-0.1, -0.05) is 29.8 Å². The largest absolute Gasteiger partial charge is 0.393 e. The van der Waals surface area contributed by atoms with Crippen molar-refractivity contribution in [3.63, 3.8) is 0 Å². The van der Waals surface area contributed by atoms with Crippen molar-refractivity contribution in [2.24, 2.45) is 0 Å². The normalized spacial score (nSPS) is 28.4. The fourth-order valence-electron chi connectivity index (χ4n) is 3.79. The summed E-state index contributed by atoms with van der Waals surface area (Å²) in [6.45, 7) is 2.92. The lowest BCUT2D eigenvalue weighted by molar-refractivity contribution is 0.110. The first-order chi connectivity index (χ1) is 11.1. The molecule has 1 aliphatic carbocycles. The van der Waals surface area contributed by atoms with Crippen LogP contribution in [0.5, 0.6) is 0 Å². The molecule has 0 spiro atoms. The highest BCUT2D eigenvalue weighted by atomic mass is 16.3. The van der Waals surface area contributed by atoms with Gasteiger partial charge in [-0.05, 0) is 57.4 Å². The molecule has 1 saturated heterocycles. The lowest BCUT2D eigenvalue weighted by atomic mass is 9.93. The van der Waals surface area contributed by atoms with Crippen molar-refractivity contribution in [3.05, 3.63) is 35.4 Å². The molecular formula is C19H28N2O2. The number of nitrogens with zero attached hydrogens (tertiary/aromatic N) is 1. The number of carbonyl (C=O) groups excluding carboxylic acids is 1. The van der Waals surface area contributed by atoms with Crippen molar-refractivity contribution in [1.82, 2.24) is 10.2 Å². The third kappa shape index (κ3) is 4.05. The van der Waals surface area contributed by atoms with Crippen molar-refractivity contribution in [2.75, 3.05) is 6.54 Å². The minimum absolute atomic E-state index is 0.0664. The Balaban J connectivity index is 1.65. The summed E-state index contributed by atoms with van der Waals surface area (Å²) in [4.78, 5) is 14.8. The molecule has 3 rings (SSSR count). The lowest BCUT2D eigenvalue weighted by Gasteiger charge is -2.38. The van der Waals surface area contributed by atoms with Crippen LogP contribution in [0.2, 0.25) is 0 Å². The maximum absolute atomic E-state index is 12.8.